The summed E-state index contributed by atoms with van der Waals surface area (Å²) in [7, 11) is 0. The van der Waals surface area contributed by atoms with E-state index in [9.17, 15) is 14.9 Å². The molecule has 1 heterocycles. The van der Waals surface area contributed by atoms with Crippen LogP contribution in [0.4, 0.5) is 5.69 Å². The predicted molar refractivity (Wildman–Crippen MR) is 69.8 cm³/mol. The zero-order valence-electron chi connectivity index (χ0n) is 10.5. The molecule has 0 radical (unpaired) electrons. The first kappa shape index (κ1) is 13.1. The van der Waals surface area contributed by atoms with Gasteiger partial charge in [0.25, 0.3) is 5.69 Å². The van der Waals surface area contributed by atoms with E-state index in [0.29, 0.717) is 18.7 Å². The normalized spacial score (nSPS) is 10.6. The van der Waals surface area contributed by atoms with Crippen LogP contribution >= 0.6 is 0 Å². The molecule has 19 heavy (non-hydrogen) atoms. The summed E-state index contributed by atoms with van der Waals surface area (Å²) in [5, 5.41) is 11.8. The fourth-order valence-electron chi connectivity index (χ4n) is 2.02. The molecule has 0 spiro atoms. The van der Waals surface area contributed by atoms with E-state index in [2.05, 4.69) is 0 Å². The zero-order valence-corrected chi connectivity index (χ0v) is 10.5. The van der Waals surface area contributed by atoms with Crippen LogP contribution in [0.3, 0.4) is 0 Å². The Morgan fingerprint density at radius 2 is 2.21 bits per heavy atom. The SMILES string of the molecule is CCOC(=O)CCn1ccc2cccc([N+](=O)[O-])c21. The Bertz CT molecular complexity index is 618. The van der Waals surface area contributed by atoms with Gasteiger partial charge in [-0.25, -0.2) is 0 Å². The summed E-state index contributed by atoms with van der Waals surface area (Å²) in [6.45, 7) is 2.45. The number of nitro groups is 1. The largest absolute Gasteiger partial charge is 0.466 e. The maximum atomic E-state index is 11.3. The molecule has 0 fully saturated rings. The van der Waals surface area contributed by atoms with Crippen molar-refractivity contribution in [3.05, 3.63) is 40.6 Å². The number of carbonyl (C=O) groups excluding carboxylic acids is 1. The van der Waals surface area contributed by atoms with Gasteiger partial charge < -0.3 is 9.30 Å². The lowest BCUT2D eigenvalue weighted by Crippen LogP contribution is -2.08. The second-order valence-electron chi connectivity index (χ2n) is 4.04. The fourth-order valence-corrected chi connectivity index (χ4v) is 2.02. The number of esters is 1. The van der Waals surface area contributed by atoms with E-state index in [1.54, 1.807) is 29.8 Å². The van der Waals surface area contributed by atoms with Crippen molar-refractivity contribution in [3.8, 4) is 0 Å². The van der Waals surface area contributed by atoms with Gasteiger partial charge in [-0.2, -0.15) is 0 Å². The number of fused-ring (bicyclic) bond motifs is 1. The van der Waals surface area contributed by atoms with Crippen molar-refractivity contribution >= 4 is 22.6 Å². The number of nitro benzene ring substituents is 1. The first-order chi connectivity index (χ1) is 9.13. The van der Waals surface area contributed by atoms with E-state index in [0.717, 1.165) is 5.39 Å². The van der Waals surface area contributed by atoms with E-state index < -0.39 is 4.92 Å². The van der Waals surface area contributed by atoms with Crippen LogP contribution in [0.2, 0.25) is 0 Å². The standard InChI is InChI=1S/C13H14N2O4/c1-2-19-12(16)7-9-14-8-6-10-4-3-5-11(13(10)14)15(17)18/h3-6,8H,2,7,9H2,1H3. The Hall–Kier alpha value is -2.37. The Balaban J connectivity index is 2.29. The topological polar surface area (TPSA) is 74.4 Å². The summed E-state index contributed by atoms with van der Waals surface area (Å²) >= 11 is 0. The zero-order chi connectivity index (χ0) is 13.8. The number of benzene rings is 1. The van der Waals surface area contributed by atoms with E-state index in [-0.39, 0.29) is 18.1 Å². The Kier molecular flexibility index (Phi) is 3.79. The van der Waals surface area contributed by atoms with Crippen LogP contribution in [-0.4, -0.2) is 22.1 Å². The summed E-state index contributed by atoms with van der Waals surface area (Å²) in [6, 6.07) is 6.72. The van der Waals surface area contributed by atoms with Crippen molar-refractivity contribution in [2.45, 2.75) is 19.9 Å². The second-order valence-corrected chi connectivity index (χ2v) is 4.04. The average molecular weight is 262 g/mol. The molecule has 0 aliphatic rings. The van der Waals surface area contributed by atoms with Crippen molar-refractivity contribution in [2.24, 2.45) is 0 Å². The lowest BCUT2D eigenvalue weighted by molar-refractivity contribution is -0.383. The van der Waals surface area contributed by atoms with Crippen LogP contribution in [0.1, 0.15) is 13.3 Å². The molecule has 0 saturated carbocycles. The highest BCUT2D eigenvalue weighted by Crippen LogP contribution is 2.26. The molecule has 2 aromatic rings. The molecule has 0 aliphatic heterocycles. The van der Waals surface area contributed by atoms with E-state index >= 15 is 0 Å². The van der Waals surface area contributed by atoms with Gasteiger partial charge in [-0.3, -0.25) is 14.9 Å². The van der Waals surface area contributed by atoms with Crippen LogP contribution in [0.5, 0.6) is 0 Å². The molecule has 0 bridgehead atoms. The Morgan fingerprint density at radius 1 is 1.42 bits per heavy atom. The maximum absolute atomic E-state index is 11.3. The minimum atomic E-state index is -0.413. The third kappa shape index (κ3) is 2.73. The lowest BCUT2D eigenvalue weighted by Gasteiger charge is -2.05. The summed E-state index contributed by atoms with van der Waals surface area (Å²) in [4.78, 5) is 21.9. The van der Waals surface area contributed by atoms with E-state index in [4.69, 9.17) is 4.74 Å². The molecule has 0 unspecified atom stereocenters. The number of rotatable bonds is 5. The molecule has 6 heteroatoms. The van der Waals surface area contributed by atoms with Gasteiger partial charge in [0.1, 0.15) is 5.52 Å². The molecule has 0 atom stereocenters. The molecule has 0 amide bonds. The van der Waals surface area contributed by atoms with Gasteiger partial charge in [0.05, 0.1) is 18.0 Å². The summed E-state index contributed by atoms with van der Waals surface area (Å²) in [5.74, 6) is -0.303. The van der Waals surface area contributed by atoms with E-state index in [1.807, 2.05) is 6.07 Å². The highest BCUT2D eigenvalue weighted by molar-refractivity contribution is 5.88. The van der Waals surface area contributed by atoms with E-state index in [1.165, 1.54) is 6.07 Å². The third-order valence-electron chi connectivity index (χ3n) is 2.83. The predicted octanol–water partition coefficient (Wildman–Crippen LogP) is 2.50. The molecule has 0 N–H and O–H groups in total. The number of aromatic nitrogens is 1. The number of hydrogen-bond acceptors (Lipinski definition) is 4. The van der Waals surface area contributed by atoms with Gasteiger partial charge in [-0.1, -0.05) is 12.1 Å². The van der Waals surface area contributed by atoms with Crippen LogP contribution < -0.4 is 0 Å². The monoisotopic (exact) mass is 262 g/mol. The van der Waals surface area contributed by atoms with Crippen molar-refractivity contribution < 1.29 is 14.5 Å². The Labute approximate surface area is 109 Å². The highest BCUT2D eigenvalue weighted by atomic mass is 16.6. The molecule has 100 valence electrons. The van der Waals surface area contributed by atoms with Gasteiger partial charge in [0, 0.05) is 24.2 Å². The number of carbonyl (C=O) groups is 1. The Morgan fingerprint density at radius 3 is 2.89 bits per heavy atom. The molecule has 1 aromatic heterocycles. The molecule has 1 aromatic carbocycles. The number of para-hydroxylation sites is 1. The van der Waals surface area contributed by atoms with Gasteiger partial charge in [-0.15, -0.1) is 0 Å². The number of hydrogen-bond donors (Lipinski definition) is 0. The van der Waals surface area contributed by atoms with Crippen LogP contribution in [-0.2, 0) is 16.1 Å². The number of non-ortho nitro benzene ring substituents is 1. The molecule has 6 nitrogen and oxygen atoms in total. The van der Waals surface area contributed by atoms with Gasteiger partial charge >= 0.3 is 5.97 Å². The van der Waals surface area contributed by atoms with Crippen molar-refractivity contribution in [2.75, 3.05) is 6.61 Å². The summed E-state index contributed by atoms with van der Waals surface area (Å²) in [5.41, 5.74) is 0.586. The first-order valence-electron chi connectivity index (χ1n) is 6.01. The van der Waals surface area contributed by atoms with Crippen molar-refractivity contribution in [1.82, 2.24) is 4.57 Å². The van der Waals surface area contributed by atoms with Gasteiger partial charge in [-0.05, 0) is 13.0 Å². The number of ether oxygens (including phenoxy) is 1. The quantitative estimate of drug-likeness (QED) is 0.471. The number of aryl methyl sites for hydroxylation is 1. The minimum absolute atomic E-state index is 0.0476. The molecule has 2 rings (SSSR count). The third-order valence-corrected chi connectivity index (χ3v) is 2.83. The average Bonchev–Trinajstić information content (AvgIpc) is 2.79. The second kappa shape index (κ2) is 5.51. The molecular weight excluding hydrogens is 248 g/mol. The fraction of sp³-hybridized carbons (Fsp3) is 0.308. The highest BCUT2D eigenvalue weighted by Gasteiger charge is 2.15. The van der Waals surface area contributed by atoms with Crippen molar-refractivity contribution in [3.63, 3.8) is 0 Å². The summed E-state index contributed by atoms with van der Waals surface area (Å²) < 4.78 is 6.56. The lowest BCUT2D eigenvalue weighted by atomic mass is 10.2. The smallest absolute Gasteiger partial charge is 0.307 e. The molecule has 0 aliphatic carbocycles. The van der Waals surface area contributed by atoms with Crippen LogP contribution in [0.15, 0.2) is 30.5 Å². The summed E-state index contributed by atoms with van der Waals surface area (Å²) in [6.07, 6.45) is 1.95. The van der Waals surface area contributed by atoms with Gasteiger partial charge in [0.2, 0.25) is 0 Å². The first-order valence-corrected chi connectivity index (χ1v) is 6.01. The number of nitrogens with zero attached hydrogens (tertiary/aromatic N) is 2. The van der Waals surface area contributed by atoms with Gasteiger partial charge in [0.15, 0.2) is 0 Å². The molecule has 0 saturated heterocycles. The van der Waals surface area contributed by atoms with Crippen LogP contribution in [0, 0.1) is 10.1 Å². The maximum Gasteiger partial charge on any atom is 0.307 e. The van der Waals surface area contributed by atoms with Crippen LogP contribution in [0.25, 0.3) is 10.9 Å². The minimum Gasteiger partial charge on any atom is -0.466 e. The van der Waals surface area contributed by atoms with Crippen molar-refractivity contribution in [1.29, 1.82) is 0 Å². The molecular formula is C13H14N2O4.